The molecule has 2 aromatic rings. The molecule has 5 rings (SSSR count). The number of ether oxygens (including phenoxy) is 2. The molecule has 3 fully saturated rings. The van der Waals surface area contributed by atoms with Crippen LogP contribution < -0.4 is 22.1 Å². The van der Waals surface area contributed by atoms with Crippen LogP contribution in [0.5, 0.6) is 0 Å². The Labute approximate surface area is 316 Å². The summed E-state index contributed by atoms with van der Waals surface area (Å²) in [5, 5.41) is 20.8. The highest BCUT2D eigenvalue weighted by Crippen LogP contribution is 2.27. The maximum absolute atomic E-state index is 12.8. The average Bonchev–Trinajstić information content (AvgIpc) is 3.18. The molecular weight excluding hydrogens is 692 g/mol. The Hall–Kier alpha value is -5.54. The van der Waals surface area contributed by atoms with Crippen molar-refractivity contribution in [2.75, 3.05) is 65.6 Å². The van der Waals surface area contributed by atoms with Crippen LogP contribution in [0.25, 0.3) is 0 Å². The van der Waals surface area contributed by atoms with Crippen LogP contribution in [0.2, 0.25) is 0 Å². The normalized spacial score (nSPS) is 19.2. The van der Waals surface area contributed by atoms with Gasteiger partial charge in [-0.2, -0.15) is 0 Å². The third kappa shape index (κ3) is 11.7. The molecule has 0 spiro atoms. The van der Waals surface area contributed by atoms with Crippen LogP contribution in [0.3, 0.4) is 0 Å². The molecule has 0 radical (unpaired) electrons. The number of nitrogens with zero attached hydrogens (tertiary/aromatic N) is 4. The van der Waals surface area contributed by atoms with Crippen LogP contribution >= 0.6 is 0 Å². The Kier molecular flexibility index (Phi) is 14.3. The Morgan fingerprint density at radius 3 is 1.19 bits per heavy atom. The lowest BCUT2D eigenvalue weighted by Gasteiger charge is -2.34. The second-order valence-corrected chi connectivity index (χ2v) is 14.2. The highest BCUT2D eigenvalue weighted by molar-refractivity contribution is 5.95. The molecule has 1 saturated carbocycles. The third-order valence-corrected chi connectivity index (χ3v) is 10.4. The minimum atomic E-state index is -0.341. The fraction of sp³-hybridized carbons (Fsp3) is 0.526. The number of amides is 6. The zero-order valence-electron chi connectivity index (χ0n) is 30.9. The van der Waals surface area contributed by atoms with E-state index in [1.54, 1.807) is 43.9 Å². The molecule has 6 amide bonds. The minimum Gasteiger partial charge on any atom is -0.449 e. The first-order valence-corrected chi connectivity index (χ1v) is 18.8. The molecule has 16 heteroatoms. The van der Waals surface area contributed by atoms with Crippen LogP contribution in [-0.2, 0) is 22.6 Å². The fourth-order valence-corrected chi connectivity index (χ4v) is 6.94. The minimum absolute atomic E-state index is 0.000348. The molecule has 0 unspecified atom stereocenters. The van der Waals surface area contributed by atoms with Crippen molar-refractivity contribution in [1.29, 1.82) is 10.8 Å². The second kappa shape index (κ2) is 19.5. The summed E-state index contributed by atoms with van der Waals surface area (Å²) in [6, 6.07) is 13.9. The van der Waals surface area contributed by atoms with Gasteiger partial charge in [0.05, 0.1) is 13.2 Å². The number of urea groups is 2. The number of nitrogens with one attached hydrogen (secondary N) is 4. The standard InChI is InChI=1S/C38H54N10O6/c39-33(40)31-11-7-27(8-12-31)23-43-35(49)45-15-19-47(20-16-45)37(51)53-25-29-3-1-4-30(6-2-5-29)26-54-38(52)48-21-17-46(18-22-48)36(50)44-24-28-9-13-32(14-10-28)34(41)42/h7-14,29-30H,1-6,15-26H2,(H3,39,40)(H3,41,42)(H,43,49)(H,44,50). The van der Waals surface area contributed by atoms with Crippen molar-refractivity contribution in [3.05, 3.63) is 70.8 Å². The van der Waals surface area contributed by atoms with E-state index in [0.29, 0.717) is 89.8 Å². The summed E-state index contributed by atoms with van der Waals surface area (Å²) in [5.74, 6) is 0.573. The first-order valence-electron chi connectivity index (χ1n) is 18.8. The van der Waals surface area contributed by atoms with Gasteiger partial charge < -0.3 is 51.2 Å². The van der Waals surface area contributed by atoms with E-state index in [1.807, 2.05) is 24.3 Å². The number of rotatable bonds is 10. The monoisotopic (exact) mass is 746 g/mol. The van der Waals surface area contributed by atoms with Crippen LogP contribution in [0.1, 0.15) is 60.8 Å². The highest BCUT2D eigenvalue weighted by Gasteiger charge is 2.28. The molecule has 54 heavy (non-hydrogen) atoms. The number of amidine groups is 2. The van der Waals surface area contributed by atoms with E-state index in [0.717, 1.165) is 49.7 Å². The van der Waals surface area contributed by atoms with Crippen LogP contribution in [0.15, 0.2) is 48.5 Å². The Morgan fingerprint density at radius 1 is 0.556 bits per heavy atom. The highest BCUT2D eigenvalue weighted by atomic mass is 16.6. The predicted molar refractivity (Wildman–Crippen MR) is 203 cm³/mol. The van der Waals surface area contributed by atoms with Crippen molar-refractivity contribution in [1.82, 2.24) is 30.2 Å². The van der Waals surface area contributed by atoms with E-state index in [1.165, 1.54) is 0 Å². The largest absolute Gasteiger partial charge is 0.449 e. The van der Waals surface area contributed by atoms with Gasteiger partial charge in [-0.05, 0) is 48.6 Å². The molecule has 0 atom stereocenters. The van der Waals surface area contributed by atoms with Gasteiger partial charge in [0.1, 0.15) is 11.7 Å². The van der Waals surface area contributed by atoms with E-state index >= 15 is 0 Å². The predicted octanol–water partition coefficient (Wildman–Crippen LogP) is 3.47. The quantitative estimate of drug-likeness (QED) is 0.156. The van der Waals surface area contributed by atoms with Crippen molar-refractivity contribution in [2.24, 2.45) is 23.3 Å². The van der Waals surface area contributed by atoms with Crippen LogP contribution in [-0.4, -0.2) is 121 Å². The topological polar surface area (TPSA) is 224 Å². The third-order valence-electron chi connectivity index (χ3n) is 10.4. The zero-order valence-corrected chi connectivity index (χ0v) is 30.9. The Balaban J connectivity index is 0.906. The number of piperazine rings is 2. The van der Waals surface area contributed by atoms with E-state index in [9.17, 15) is 19.2 Å². The summed E-state index contributed by atoms with van der Waals surface area (Å²) in [5.41, 5.74) is 14.1. The molecule has 3 aliphatic rings. The maximum Gasteiger partial charge on any atom is 0.409 e. The maximum atomic E-state index is 12.8. The number of nitrogen functional groups attached to an aromatic ring is 2. The SMILES string of the molecule is N=C(N)c1ccc(CNC(=O)N2CCN(C(=O)OCC3CCCC(COC(=O)N4CCN(C(=O)NCc5ccc(C(=N)N)cc5)CC4)CCC3)CC2)cc1. The van der Waals surface area contributed by atoms with Crippen LogP contribution in [0.4, 0.5) is 19.2 Å². The molecule has 2 heterocycles. The van der Waals surface area contributed by atoms with E-state index in [4.69, 9.17) is 31.8 Å². The molecular formula is C38H54N10O6. The molecule has 2 aliphatic heterocycles. The molecule has 2 saturated heterocycles. The Morgan fingerprint density at radius 2 is 0.870 bits per heavy atom. The van der Waals surface area contributed by atoms with Crippen LogP contribution in [0, 0.1) is 22.7 Å². The first-order chi connectivity index (χ1) is 26.0. The summed E-state index contributed by atoms with van der Waals surface area (Å²) in [6.07, 6.45) is 5.01. The van der Waals surface area contributed by atoms with Gasteiger partial charge in [0.2, 0.25) is 0 Å². The van der Waals surface area contributed by atoms with E-state index < -0.39 is 0 Å². The average molecular weight is 747 g/mol. The number of nitrogens with two attached hydrogens (primary N) is 2. The number of carbonyl (C=O) groups is 4. The fourth-order valence-electron chi connectivity index (χ4n) is 6.94. The lowest BCUT2D eigenvalue weighted by molar-refractivity contribution is 0.0590. The molecule has 0 aromatic heterocycles. The molecule has 16 nitrogen and oxygen atoms in total. The number of hydrogen-bond acceptors (Lipinski definition) is 8. The van der Waals surface area contributed by atoms with Gasteiger partial charge >= 0.3 is 24.2 Å². The van der Waals surface area contributed by atoms with Gasteiger partial charge in [-0.1, -0.05) is 61.4 Å². The number of carbonyl (C=O) groups excluding carboxylic acids is 4. The lowest BCUT2D eigenvalue weighted by atomic mass is 9.86. The summed E-state index contributed by atoms with van der Waals surface area (Å²) < 4.78 is 11.4. The summed E-state index contributed by atoms with van der Waals surface area (Å²) in [4.78, 5) is 57.7. The van der Waals surface area contributed by atoms with Crippen molar-refractivity contribution < 1.29 is 28.7 Å². The zero-order chi connectivity index (χ0) is 38.5. The van der Waals surface area contributed by atoms with Crippen molar-refractivity contribution >= 4 is 35.9 Å². The van der Waals surface area contributed by atoms with Gasteiger partial charge in [0, 0.05) is 76.6 Å². The van der Waals surface area contributed by atoms with Gasteiger partial charge in [0.15, 0.2) is 0 Å². The summed E-state index contributed by atoms with van der Waals surface area (Å²) in [6.45, 7) is 4.81. The molecule has 1 aliphatic carbocycles. The molecule has 8 N–H and O–H groups in total. The molecule has 292 valence electrons. The van der Waals surface area contributed by atoms with E-state index in [2.05, 4.69) is 10.6 Å². The first kappa shape index (κ1) is 39.7. The summed E-state index contributed by atoms with van der Waals surface area (Å²) in [7, 11) is 0. The van der Waals surface area contributed by atoms with Gasteiger partial charge in [-0.15, -0.1) is 0 Å². The number of benzene rings is 2. The second-order valence-electron chi connectivity index (χ2n) is 14.2. The Bertz CT molecular complexity index is 1480. The smallest absolute Gasteiger partial charge is 0.409 e. The number of hydrogen-bond donors (Lipinski definition) is 6. The summed E-state index contributed by atoms with van der Waals surface area (Å²) >= 11 is 0. The van der Waals surface area contributed by atoms with Crippen molar-refractivity contribution in [3.63, 3.8) is 0 Å². The lowest BCUT2D eigenvalue weighted by Crippen LogP contribution is -2.53. The molecule has 2 aromatic carbocycles. The van der Waals surface area contributed by atoms with Crippen molar-refractivity contribution in [2.45, 2.75) is 51.6 Å². The van der Waals surface area contributed by atoms with Gasteiger partial charge in [0.25, 0.3) is 0 Å². The van der Waals surface area contributed by atoms with Crippen molar-refractivity contribution in [3.8, 4) is 0 Å². The van der Waals surface area contributed by atoms with Gasteiger partial charge in [-0.3, -0.25) is 10.8 Å². The van der Waals surface area contributed by atoms with Gasteiger partial charge in [-0.25, -0.2) is 19.2 Å². The molecule has 0 bridgehead atoms. The van der Waals surface area contributed by atoms with E-state index in [-0.39, 0.29) is 47.8 Å².